The lowest BCUT2D eigenvalue weighted by Gasteiger charge is -2.25. The highest BCUT2D eigenvalue weighted by molar-refractivity contribution is 7.20. The molecule has 0 bridgehead atoms. The van der Waals surface area contributed by atoms with E-state index >= 15 is 0 Å². The van der Waals surface area contributed by atoms with Gasteiger partial charge in [0, 0.05) is 11.6 Å². The first-order chi connectivity index (χ1) is 6.83. The molecule has 86 valence electrons. The number of thiophene rings is 1. The zero-order valence-corrected chi connectivity index (χ0v) is 11.9. The molecular weight excluding hydrogens is 249 g/mol. The standard InChI is InChI=1S/C11H17Cl2NS/c1-11(2,3)6-8(14-4)7-5-9(12)15-10(7)13/h5,8,14H,6H2,1-4H3. The van der Waals surface area contributed by atoms with Gasteiger partial charge in [0.2, 0.25) is 0 Å². The normalized spacial score (nSPS) is 14.3. The summed E-state index contributed by atoms with van der Waals surface area (Å²) in [4.78, 5) is 0. The molecule has 1 nitrogen and oxygen atoms in total. The third kappa shape index (κ3) is 3.95. The van der Waals surface area contributed by atoms with E-state index in [-0.39, 0.29) is 11.5 Å². The average molecular weight is 266 g/mol. The molecule has 0 aliphatic carbocycles. The van der Waals surface area contributed by atoms with Crippen LogP contribution in [0.2, 0.25) is 8.67 Å². The van der Waals surface area contributed by atoms with Gasteiger partial charge >= 0.3 is 0 Å². The lowest BCUT2D eigenvalue weighted by Crippen LogP contribution is -2.22. The van der Waals surface area contributed by atoms with Crippen LogP contribution in [0.25, 0.3) is 0 Å². The highest BCUT2D eigenvalue weighted by Crippen LogP contribution is 2.38. The van der Waals surface area contributed by atoms with Crippen LogP contribution in [-0.2, 0) is 0 Å². The van der Waals surface area contributed by atoms with Crippen molar-refractivity contribution >= 4 is 34.5 Å². The Labute approximate surface area is 106 Å². The molecule has 0 saturated carbocycles. The summed E-state index contributed by atoms with van der Waals surface area (Å²) in [5.41, 5.74) is 1.38. The Kier molecular flexibility index (Phi) is 4.48. The predicted molar refractivity (Wildman–Crippen MR) is 70.2 cm³/mol. The Morgan fingerprint density at radius 1 is 1.40 bits per heavy atom. The maximum absolute atomic E-state index is 6.14. The summed E-state index contributed by atoms with van der Waals surface area (Å²) in [6.45, 7) is 6.66. The van der Waals surface area contributed by atoms with Crippen molar-refractivity contribution in [3.8, 4) is 0 Å². The van der Waals surface area contributed by atoms with E-state index in [2.05, 4.69) is 26.1 Å². The quantitative estimate of drug-likeness (QED) is 0.832. The van der Waals surface area contributed by atoms with Crippen LogP contribution in [0.3, 0.4) is 0 Å². The fourth-order valence-corrected chi connectivity index (χ4v) is 3.15. The Hall–Kier alpha value is 0.240. The van der Waals surface area contributed by atoms with Gasteiger partial charge in [-0.15, -0.1) is 11.3 Å². The van der Waals surface area contributed by atoms with Gasteiger partial charge in [0.15, 0.2) is 0 Å². The Morgan fingerprint density at radius 3 is 2.33 bits per heavy atom. The molecule has 0 aliphatic rings. The van der Waals surface area contributed by atoms with Gasteiger partial charge in [-0.3, -0.25) is 0 Å². The van der Waals surface area contributed by atoms with E-state index in [9.17, 15) is 0 Å². The topological polar surface area (TPSA) is 12.0 Å². The summed E-state index contributed by atoms with van der Waals surface area (Å²) in [6, 6.07) is 2.24. The lowest BCUT2D eigenvalue weighted by atomic mass is 9.86. The van der Waals surface area contributed by atoms with Gasteiger partial charge in [-0.25, -0.2) is 0 Å². The first-order valence-corrected chi connectivity index (χ1v) is 6.53. The lowest BCUT2D eigenvalue weighted by molar-refractivity contribution is 0.321. The molecule has 1 aromatic heterocycles. The van der Waals surface area contributed by atoms with Gasteiger partial charge < -0.3 is 5.32 Å². The smallest absolute Gasteiger partial charge is 0.0991 e. The second-order valence-electron chi connectivity index (χ2n) is 4.89. The second-order valence-corrected chi connectivity index (χ2v) is 7.17. The van der Waals surface area contributed by atoms with Crippen molar-refractivity contribution in [3.05, 3.63) is 20.3 Å². The van der Waals surface area contributed by atoms with E-state index in [1.807, 2.05) is 13.1 Å². The molecule has 1 heterocycles. The maximum atomic E-state index is 6.14. The van der Waals surface area contributed by atoms with Gasteiger partial charge in [0.05, 0.1) is 8.67 Å². The first-order valence-electron chi connectivity index (χ1n) is 4.95. The molecule has 0 fully saturated rings. The molecule has 0 radical (unpaired) electrons. The van der Waals surface area contributed by atoms with Crippen LogP contribution >= 0.6 is 34.5 Å². The van der Waals surface area contributed by atoms with E-state index < -0.39 is 0 Å². The molecule has 1 atom stereocenters. The van der Waals surface area contributed by atoms with Gasteiger partial charge in [-0.05, 0) is 24.9 Å². The Bertz CT molecular complexity index is 328. The van der Waals surface area contributed by atoms with Gasteiger partial charge in [0.25, 0.3) is 0 Å². The summed E-state index contributed by atoms with van der Waals surface area (Å²) >= 11 is 13.5. The minimum atomic E-state index is 0.269. The largest absolute Gasteiger partial charge is 0.313 e. The summed E-state index contributed by atoms with van der Waals surface area (Å²) in [5.74, 6) is 0. The summed E-state index contributed by atoms with van der Waals surface area (Å²) in [6.07, 6.45) is 1.04. The predicted octanol–water partition coefficient (Wildman–Crippen LogP) is 4.75. The molecule has 0 aromatic carbocycles. The van der Waals surface area contributed by atoms with Crippen LogP contribution in [-0.4, -0.2) is 7.05 Å². The van der Waals surface area contributed by atoms with E-state index in [1.165, 1.54) is 11.3 Å². The molecule has 0 spiro atoms. The SMILES string of the molecule is CNC(CC(C)(C)C)c1cc(Cl)sc1Cl. The maximum Gasteiger partial charge on any atom is 0.0991 e. The van der Waals surface area contributed by atoms with E-state index in [0.717, 1.165) is 20.7 Å². The van der Waals surface area contributed by atoms with Gasteiger partial charge in [-0.2, -0.15) is 0 Å². The summed E-state index contributed by atoms with van der Waals surface area (Å²) in [7, 11) is 1.96. The zero-order valence-electron chi connectivity index (χ0n) is 9.53. The Balaban J connectivity index is 2.88. The van der Waals surface area contributed by atoms with Crippen molar-refractivity contribution in [2.75, 3.05) is 7.05 Å². The third-order valence-electron chi connectivity index (χ3n) is 2.22. The molecule has 1 aromatic rings. The fraction of sp³-hybridized carbons (Fsp3) is 0.636. The Morgan fingerprint density at radius 2 is 2.00 bits per heavy atom. The summed E-state index contributed by atoms with van der Waals surface area (Å²) in [5, 5.41) is 3.29. The summed E-state index contributed by atoms with van der Waals surface area (Å²) < 4.78 is 1.55. The molecule has 15 heavy (non-hydrogen) atoms. The van der Waals surface area contributed by atoms with Crippen LogP contribution in [0.4, 0.5) is 0 Å². The third-order valence-corrected chi connectivity index (χ3v) is 3.74. The molecule has 0 saturated heterocycles. The fourth-order valence-electron chi connectivity index (χ4n) is 1.57. The van der Waals surface area contributed by atoms with Gasteiger partial charge in [-0.1, -0.05) is 44.0 Å². The van der Waals surface area contributed by atoms with Crippen LogP contribution in [0.15, 0.2) is 6.07 Å². The minimum Gasteiger partial charge on any atom is -0.313 e. The average Bonchev–Trinajstić information content (AvgIpc) is 2.39. The van der Waals surface area contributed by atoms with E-state index in [1.54, 1.807) is 0 Å². The van der Waals surface area contributed by atoms with Crippen LogP contribution < -0.4 is 5.32 Å². The molecule has 0 aliphatic heterocycles. The van der Waals surface area contributed by atoms with E-state index in [0.29, 0.717) is 0 Å². The van der Waals surface area contributed by atoms with Crippen LogP contribution in [0, 0.1) is 5.41 Å². The van der Waals surface area contributed by atoms with Crippen molar-refractivity contribution in [2.45, 2.75) is 33.2 Å². The van der Waals surface area contributed by atoms with Crippen LogP contribution in [0.1, 0.15) is 38.8 Å². The monoisotopic (exact) mass is 265 g/mol. The molecule has 0 amide bonds. The van der Waals surface area contributed by atoms with Crippen molar-refractivity contribution in [1.29, 1.82) is 0 Å². The zero-order chi connectivity index (χ0) is 11.6. The van der Waals surface area contributed by atoms with Crippen molar-refractivity contribution in [3.63, 3.8) is 0 Å². The number of hydrogen-bond donors (Lipinski definition) is 1. The van der Waals surface area contributed by atoms with Crippen LogP contribution in [0.5, 0.6) is 0 Å². The molecule has 1 rings (SSSR count). The second kappa shape index (κ2) is 5.05. The molecule has 1 unspecified atom stereocenters. The number of rotatable bonds is 3. The van der Waals surface area contributed by atoms with Crippen molar-refractivity contribution < 1.29 is 0 Å². The van der Waals surface area contributed by atoms with Crippen molar-refractivity contribution in [1.82, 2.24) is 5.32 Å². The minimum absolute atomic E-state index is 0.269. The first kappa shape index (κ1) is 13.3. The molecule has 4 heteroatoms. The number of hydrogen-bond acceptors (Lipinski definition) is 2. The van der Waals surface area contributed by atoms with Crippen molar-refractivity contribution in [2.24, 2.45) is 5.41 Å². The molecular formula is C11H17Cl2NS. The highest BCUT2D eigenvalue weighted by atomic mass is 35.5. The highest BCUT2D eigenvalue weighted by Gasteiger charge is 2.22. The molecule has 1 N–H and O–H groups in total. The van der Waals surface area contributed by atoms with E-state index in [4.69, 9.17) is 23.2 Å². The number of halogens is 2. The number of nitrogens with one attached hydrogen (secondary N) is 1. The van der Waals surface area contributed by atoms with Gasteiger partial charge in [0.1, 0.15) is 0 Å².